The van der Waals surface area contributed by atoms with Gasteiger partial charge in [-0.1, -0.05) is 68.4 Å². The van der Waals surface area contributed by atoms with Crippen molar-refractivity contribution in [2.45, 2.75) is 164 Å². The van der Waals surface area contributed by atoms with Crippen LogP contribution in [-0.4, -0.2) is 231 Å². The Kier molecular flexibility index (Phi) is 27.8. The van der Waals surface area contributed by atoms with Gasteiger partial charge in [0.15, 0.2) is 5.96 Å². The number of aliphatic hydroxyl groups excluding tert-OH is 1. The van der Waals surface area contributed by atoms with Crippen molar-refractivity contribution < 1.29 is 67.7 Å². The van der Waals surface area contributed by atoms with Gasteiger partial charge in [-0.2, -0.15) is 0 Å². The molecule has 3 aromatic carbocycles. The number of carbonyl (C=O) groups excluding carboxylic acids is 11. The highest BCUT2D eigenvalue weighted by Crippen LogP contribution is 2.26. The van der Waals surface area contributed by atoms with E-state index in [9.17, 15) is 58.2 Å². The molecule has 11 amide bonds. The van der Waals surface area contributed by atoms with Crippen LogP contribution < -0.4 is 64.6 Å². The third-order valence-electron chi connectivity index (χ3n) is 19.7. The molecule has 2 fully saturated rings. The summed E-state index contributed by atoms with van der Waals surface area (Å²) in [5.41, 5.74) is 17.2. The van der Waals surface area contributed by atoms with E-state index in [4.69, 9.17) is 16.9 Å². The van der Waals surface area contributed by atoms with Crippen LogP contribution in [0.25, 0.3) is 32.7 Å². The number of carbonyl (C=O) groups is 12. The maximum atomic E-state index is 15.2. The zero-order valence-electron chi connectivity index (χ0n) is 61.7. The Morgan fingerprint density at radius 1 is 0.532 bits per heavy atom. The number of aromatic amines is 5. The number of nitrogens with two attached hydrogens (primary N) is 2. The SMILES string of the molecule is CC(C)C[C@H](NC(=O)[C@H](CCCNC(=N)N)NC(=O)[C@H](Cc1c[nH]c2ccccc12)NC(=O)[C@@H]1CCCN1C(=O)[C@@H](NC(=O)[C@H](Cc1c[nH]c2ccccc12)NC(=O)[C@@H](N)Cc1c[nH]c2ccccc12)[C@@H](C)O)C(=O)N[C@@H](Cc1c[nH]cn1)C(=O)NCC(=O)NCC(=O)N1CCC[C@H]1C(=O)N[C@@H](Cc1c[nH]cn1)C(=O)O. The van der Waals surface area contributed by atoms with E-state index in [0.29, 0.717) is 39.8 Å². The molecule has 111 heavy (non-hydrogen) atoms. The number of benzene rings is 3. The van der Waals surface area contributed by atoms with Gasteiger partial charge in [0.1, 0.15) is 54.4 Å². The molecule has 0 aliphatic carbocycles. The van der Waals surface area contributed by atoms with Crippen LogP contribution in [0.5, 0.6) is 0 Å². The molecule has 0 bridgehead atoms. The molecule has 0 unspecified atom stereocenters. The number of hydrogen-bond donors (Lipinski definition) is 20. The number of amides is 11. The standard InChI is InChI=1S/C75H96N22O14/c1-40(2)25-55(68(104)92-58(29-45-34-79-38-87-45)66(102)86-36-62(99)85-37-63(100)96-23-11-20-60(96)71(107)94-59(74(110)111)30-46-35-80-39-88-46)91-67(103)54(19-10-22-81-75(77)78)89-69(105)56(27-43-32-83-52-17-8-5-14-48(43)52)93-72(108)61-21-12-24-97(61)73(109)64(41(3)98)95-70(106)57(28-44-33-84-53-18-9-6-15-49(44)53)90-65(101)50(76)26-42-31-82-51-16-7-4-13-47(42)51/h4-9,13-18,31-35,38-41,50,54-61,64,82-84,98H,10-12,19-30,36-37,76H2,1-3H3,(H,79,87)(H,80,88)(H,85,99)(H,86,102)(H,89,105)(H,90,101)(H,91,103)(H,92,104)(H,93,108)(H,94,107)(H,95,106)(H,110,111)(H4,77,78,81)/t41-,50+,54+,55+,56+,57+,58+,59+,60+,61+,64+/m1/s1. The molecule has 0 saturated carbocycles. The van der Waals surface area contributed by atoms with Gasteiger partial charge in [0, 0.05) is 109 Å². The fourth-order valence-electron chi connectivity index (χ4n) is 13.9. The Morgan fingerprint density at radius 3 is 1.52 bits per heavy atom. The van der Waals surface area contributed by atoms with Gasteiger partial charge in [-0.25, -0.2) is 14.8 Å². The quantitative estimate of drug-likeness (QED) is 0.0123. The first kappa shape index (κ1) is 81.1. The molecule has 0 spiro atoms. The first-order valence-corrected chi connectivity index (χ1v) is 36.9. The van der Waals surface area contributed by atoms with Crippen LogP contribution >= 0.6 is 0 Å². The molecule has 10 rings (SSSR count). The summed E-state index contributed by atoms with van der Waals surface area (Å²) in [6.45, 7) is 3.78. The van der Waals surface area contributed by atoms with E-state index in [1.54, 1.807) is 44.6 Å². The van der Waals surface area contributed by atoms with Crippen molar-refractivity contribution in [1.29, 1.82) is 5.41 Å². The molecule has 11 atom stereocenters. The van der Waals surface area contributed by atoms with Crippen LogP contribution in [-0.2, 0) is 89.6 Å². The highest BCUT2D eigenvalue weighted by Gasteiger charge is 2.43. The number of nitrogens with zero attached hydrogens (tertiary/aromatic N) is 4. The van der Waals surface area contributed by atoms with Crippen LogP contribution in [0, 0.1) is 11.3 Å². The smallest absolute Gasteiger partial charge is 0.326 e. The van der Waals surface area contributed by atoms with Crippen LogP contribution in [0.4, 0.5) is 0 Å². The van der Waals surface area contributed by atoms with E-state index in [0.717, 1.165) is 27.4 Å². The molecule has 590 valence electrons. The second kappa shape index (κ2) is 38.1. The van der Waals surface area contributed by atoms with E-state index in [1.165, 1.54) is 41.8 Å². The van der Waals surface area contributed by atoms with Crippen molar-refractivity contribution in [3.05, 3.63) is 145 Å². The Labute approximate surface area is 637 Å². The molecule has 36 nitrogen and oxygen atoms in total. The molecule has 22 N–H and O–H groups in total. The number of aliphatic hydroxyl groups is 1. The van der Waals surface area contributed by atoms with Crippen LogP contribution in [0.2, 0.25) is 0 Å². The normalized spacial score (nSPS) is 16.6. The number of para-hydroxylation sites is 3. The highest BCUT2D eigenvalue weighted by molar-refractivity contribution is 6.00. The molecule has 2 aliphatic heterocycles. The molecule has 2 aliphatic rings. The number of rotatable bonds is 38. The van der Waals surface area contributed by atoms with Gasteiger partial charge < -0.3 is 110 Å². The van der Waals surface area contributed by atoms with Gasteiger partial charge in [-0.3, -0.25) is 58.1 Å². The van der Waals surface area contributed by atoms with Crippen LogP contribution in [0.15, 0.2) is 116 Å². The monoisotopic (exact) mass is 1530 g/mol. The fraction of sp³-hybridized carbons (Fsp3) is 0.427. The summed E-state index contributed by atoms with van der Waals surface area (Å²) in [6, 6.07) is 8.59. The van der Waals surface area contributed by atoms with Gasteiger partial charge >= 0.3 is 5.97 Å². The summed E-state index contributed by atoms with van der Waals surface area (Å²) in [7, 11) is 0. The first-order valence-electron chi connectivity index (χ1n) is 36.9. The van der Waals surface area contributed by atoms with Gasteiger partial charge in [0.2, 0.25) is 65.0 Å². The minimum atomic E-state index is -1.66. The molecule has 2 saturated heterocycles. The molecule has 0 radical (unpaired) electrons. The summed E-state index contributed by atoms with van der Waals surface area (Å²) in [5.74, 6) is -10.7. The number of hydrogen-bond acceptors (Lipinski definition) is 17. The molecular formula is C75H96N22O14. The summed E-state index contributed by atoms with van der Waals surface area (Å²) < 4.78 is 0. The van der Waals surface area contributed by atoms with Crippen molar-refractivity contribution in [2.24, 2.45) is 17.4 Å². The molecular weight excluding hydrogens is 1430 g/mol. The topological polar surface area (TPSA) is 553 Å². The maximum absolute atomic E-state index is 15.2. The maximum Gasteiger partial charge on any atom is 0.326 e. The van der Waals surface area contributed by atoms with E-state index in [-0.39, 0.29) is 102 Å². The predicted octanol–water partition coefficient (Wildman–Crippen LogP) is -1.20. The zero-order valence-corrected chi connectivity index (χ0v) is 61.7. The number of aliphatic carboxylic acids is 1. The lowest BCUT2D eigenvalue weighted by atomic mass is 10.0. The van der Waals surface area contributed by atoms with Crippen molar-refractivity contribution in [3.8, 4) is 0 Å². The number of fused-ring (bicyclic) bond motifs is 3. The summed E-state index contributed by atoms with van der Waals surface area (Å²) >= 11 is 0. The summed E-state index contributed by atoms with van der Waals surface area (Å²) in [4.78, 5) is 195. The van der Waals surface area contributed by atoms with Crippen LogP contribution in [0.1, 0.15) is 93.8 Å². The lowest BCUT2D eigenvalue weighted by Crippen LogP contribution is -2.62. The Balaban J connectivity index is 0.814. The summed E-state index contributed by atoms with van der Waals surface area (Å²) in [5, 5.41) is 57.9. The number of aromatic nitrogens is 7. The molecule has 5 aromatic heterocycles. The van der Waals surface area contributed by atoms with Gasteiger partial charge in [0.05, 0.1) is 49.3 Å². The van der Waals surface area contributed by atoms with Crippen molar-refractivity contribution in [2.75, 3.05) is 32.7 Å². The van der Waals surface area contributed by atoms with E-state index >= 15 is 9.59 Å². The number of imidazole rings is 2. The lowest BCUT2D eigenvalue weighted by Gasteiger charge is -2.32. The second-order valence-corrected chi connectivity index (χ2v) is 28.3. The number of nitrogens with one attached hydrogen (secondary N) is 16. The second-order valence-electron chi connectivity index (χ2n) is 28.3. The lowest BCUT2D eigenvalue weighted by molar-refractivity contribution is -0.144. The Morgan fingerprint density at radius 2 is 0.991 bits per heavy atom. The van der Waals surface area contributed by atoms with Gasteiger partial charge in [-0.05, 0) is 99.1 Å². The van der Waals surface area contributed by atoms with E-state index in [1.807, 2.05) is 60.7 Å². The third kappa shape index (κ3) is 21.7. The minimum Gasteiger partial charge on any atom is -0.480 e. The van der Waals surface area contributed by atoms with Crippen molar-refractivity contribution in [3.63, 3.8) is 0 Å². The average Bonchev–Trinajstić information content (AvgIpc) is 1.73. The average molecular weight is 1530 g/mol. The van der Waals surface area contributed by atoms with Crippen molar-refractivity contribution >= 4 is 110 Å². The number of guanidine groups is 1. The molecule has 7 heterocycles. The number of carboxylic acid groups (broad SMARTS) is 1. The molecule has 8 aromatic rings. The predicted molar refractivity (Wildman–Crippen MR) is 405 cm³/mol. The number of carboxylic acids is 1. The zero-order chi connectivity index (χ0) is 79.4. The third-order valence-corrected chi connectivity index (χ3v) is 19.7. The number of likely N-dealkylation sites (tertiary alicyclic amines) is 2. The number of H-pyrrole nitrogens is 5. The molecule has 36 heteroatoms. The van der Waals surface area contributed by atoms with Crippen LogP contribution in [0.3, 0.4) is 0 Å². The largest absolute Gasteiger partial charge is 0.480 e. The van der Waals surface area contributed by atoms with Crippen molar-refractivity contribution in [1.82, 2.24) is 97.9 Å². The first-order chi connectivity index (χ1) is 53.3. The Hall–Kier alpha value is -12.5. The fourth-order valence-corrected chi connectivity index (χ4v) is 13.9. The van der Waals surface area contributed by atoms with Gasteiger partial charge in [0.25, 0.3) is 0 Å². The van der Waals surface area contributed by atoms with E-state index in [2.05, 4.69) is 88.1 Å². The highest BCUT2D eigenvalue weighted by atomic mass is 16.4. The summed E-state index contributed by atoms with van der Waals surface area (Å²) in [6.07, 6.45) is 9.79. The Bertz CT molecular complexity index is 4630. The van der Waals surface area contributed by atoms with Gasteiger partial charge in [-0.15, -0.1) is 0 Å². The van der Waals surface area contributed by atoms with E-state index < -0.39 is 151 Å². The minimum absolute atomic E-state index is 0.00860.